The van der Waals surface area contributed by atoms with E-state index in [-0.39, 0.29) is 11.3 Å². The van der Waals surface area contributed by atoms with Gasteiger partial charge in [-0.2, -0.15) is 0 Å². The fourth-order valence-corrected chi connectivity index (χ4v) is 3.35. The maximum atomic E-state index is 12.4. The number of amides is 1. The summed E-state index contributed by atoms with van der Waals surface area (Å²) in [5, 5.41) is 12.4. The number of benzene rings is 2. The molecule has 0 atom stereocenters. The van der Waals surface area contributed by atoms with E-state index in [1.807, 2.05) is 48.5 Å². The Balaban J connectivity index is 1.63. The standard InChI is InChI=1S/C21H23N3O2S/c1-21(2,3)16-9-7-15(8-10-16)19(25)22-20-24-23-18(27-20)13-14-5-11-17(26-4)12-6-14/h5-12H,13H2,1-4H3,(H,22,24,25). The zero-order valence-electron chi connectivity index (χ0n) is 15.9. The molecule has 1 heterocycles. The van der Waals surface area contributed by atoms with Gasteiger partial charge in [0.15, 0.2) is 0 Å². The Bertz CT molecular complexity index is 910. The highest BCUT2D eigenvalue weighted by molar-refractivity contribution is 7.15. The molecule has 27 heavy (non-hydrogen) atoms. The number of nitrogens with one attached hydrogen (secondary N) is 1. The molecule has 1 amide bonds. The van der Waals surface area contributed by atoms with Crippen LogP contribution in [0.25, 0.3) is 0 Å². The van der Waals surface area contributed by atoms with Crippen LogP contribution in [0.5, 0.6) is 5.75 Å². The number of hydrogen-bond donors (Lipinski definition) is 1. The number of carbonyl (C=O) groups excluding carboxylic acids is 1. The number of anilines is 1. The van der Waals surface area contributed by atoms with Gasteiger partial charge in [0.05, 0.1) is 7.11 Å². The SMILES string of the molecule is COc1ccc(Cc2nnc(NC(=O)c3ccc(C(C)(C)C)cc3)s2)cc1. The number of aromatic nitrogens is 2. The second kappa shape index (κ2) is 7.88. The lowest BCUT2D eigenvalue weighted by Crippen LogP contribution is -2.14. The van der Waals surface area contributed by atoms with E-state index in [0.29, 0.717) is 17.1 Å². The molecule has 0 aliphatic heterocycles. The lowest BCUT2D eigenvalue weighted by Gasteiger charge is -2.18. The van der Waals surface area contributed by atoms with Gasteiger partial charge in [-0.3, -0.25) is 10.1 Å². The molecular weight excluding hydrogens is 358 g/mol. The molecule has 0 bridgehead atoms. The van der Waals surface area contributed by atoms with Crippen LogP contribution in [0, 0.1) is 0 Å². The molecule has 5 nitrogen and oxygen atoms in total. The number of methoxy groups -OCH3 is 1. The minimum Gasteiger partial charge on any atom is -0.497 e. The van der Waals surface area contributed by atoms with Gasteiger partial charge in [0.25, 0.3) is 5.91 Å². The van der Waals surface area contributed by atoms with E-state index >= 15 is 0 Å². The third-order valence-corrected chi connectivity index (χ3v) is 5.05. The van der Waals surface area contributed by atoms with Crippen molar-refractivity contribution in [2.75, 3.05) is 12.4 Å². The highest BCUT2D eigenvalue weighted by Gasteiger charge is 2.15. The molecule has 6 heteroatoms. The van der Waals surface area contributed by atoms with Crippen molar-refractivity contribution in [1.82, 2.24) is 10.2 Å². The first-order chi connectivity index (χ1) is 12.8. The van der Waals surface area contributed by atoms with E-state index in [0.717, 1.165) is 16.3 Å². The molecule has 0 saturated heterocycles. The summed E-state index contributed by atoms with van der Waals surface area (Å²) >= 11 is 1.38. The molecule has 1 aromatic heterocycles. The quantitative estimate of drug-likeness (QED) is 0.696. The number of ether oxygens (including phenoxy) is 1. The molecule has 140 valence electrons. The van der Waals surface area contributed by atoms with Crippen molar-refractivity contribution < 1.29 is 9.53 Å². The molecule has 0 unspecified atom stereocenters. The summed E-state index contributed by atoms with van der Waals surface area (Å²) in [4.78, 5) is 12.4. The van der Waals surface area contributed by atoms with Crippen molar-refractivity contribution in [2.24, 2.45) is 0 Å². The second-order valence-electron chi connectivity index (χ2n) is 7.31. The van der Waals surface area contributed by atoms with Crippen LogP contribution in [0.1, 0.15) is 47.3 Å². The summed E-state index contributed by atoms with van der Waals surface area (Å²) in [6, 6.07) is 15.5. The first kappa shape index (κ1) is 19.0. The van der Waals surface area contributed by atoms with Crippen LogP contribution in [0.3, 0.4) is 0 Å². The zero-order valence-corrected chi connectivity index (χ0v) is 16.8. The van der Waals surface area contributed by atoms with Crippen LogP contribution in [0.2, 0.25) is 0 Å². The lowest BCUT2D eigenvalue weighted by atomic mass is 9.87. The molecule has 0 fully saturated rings. The molecule has 1 N–H and O–H groups in total. The van der Waals surface area contributed by atoms with Crippen molar-refractivity contribution in [1.29, 1.82) is 0 Å². The largest absolute Gasteiger partial charge is 0.497 e. The van der Waals surface area contributed by atoms with Crippen LogP contribution in [-0.4, -0.2) is 23.2 Å². The van der Waals surface area contributed by atoms with E-state index < -0.39 is 0 Å². The number of rotatable bonds is 5. The van der Waals surface area contributed by atoms with Crippen LogP contribution >= 0.6 is 11.3 Å². The first-order valence-electron chi connectivity index (χ1n) is 8.72. The summed E-state index contributed by atoms with van der Waals surface area (Å²) in [7, 11) is 1.64. The summed E-state index contributed by atoms with van der Waals surface area (Å²) in [5.41, 5.74) is 2.97. The molecule has 0 aliphatic rings. The van der Waals surface area contributed by atoms with Crippen LogP contribution < -0.4 is 10.1 Å². The second-order valence-corrected chi connectivity index (χ2v) is 8.37. The van der Waals surface area contributed by atoms with Gasteiger partial charge in [0, 0.05) is 12.0 Å². The van der Waals surface area contributed by atoms with Gasteiger partial charge >= 0.3 is 0 Å². The lowest BCUT2D eigenvalue weighted by molar-refractivity contribution is 0.102. The van der Waals surface area contributed by atoms with Crippen molar-refractivity contribution in [3.8, 4) is 5.75 Å². The van der Waals surface area contributed by atoms with Gasteiger partial charge in [-0.15, -0.1) is 10.2 Å². The first-order valence-corrected chi connectivity index (χ1v) is 9.54. The number of carbonyl (C=O) groups is 1. The highest BCUT2D eigenvalue weighted by atomic mass is 32.1. The third-order valence-electron chi connectivity index (χ3n) is 4.21. The summed E-state index contributed by atoms with van der Waals surface area (Å²) in [6.07, 6.45) is 0.664. The van der Waals surface area contributed by atoms with Gasteiger partial charge in [0.1, 0.15) is 10.8 Å². The minimum atomic E-state index is -0.178. The van der Waals surface area contributed by atoms with Crippen molar-refractivity contribution in [3.63, 3.8) is 0 Å². The molecular formula is C21H23N3O2S. The van der Waals surface area contributed by atoms with E-state index in [1.165, 1.54) is 16.9 Å². The summed E-state index contributed by atoms with van der Waals surface area (Å²) in [5.74, 6) is 0.643. The average molecular weight is 382 g/mol. The van der Waals surface area contributed by atoms with Crippen molar-refractivity contribution in [3.05, 3.63) is 70.2 Å². The highest BCUT2D eigenvalue weighted by Crippen LogP contribution is 2.23. The van der Waals surface area contributed by atoms with Crippen LogP contribution in [0.15, 0.2) is 48.5 Å². The summed E-state index contributed by atoms with van der Waals surface area (Å²) in [6.45, 7) is 6.44. The molecule has 0 radical (unpaired) electrons. The Hall–Kier alpha value is -2.73. The van der Waals surface area contributed by atoms with Gasteiger partial charge in [-0.25, -0.2) is 0 Å². The third kappa shape index (κ3) is 4.92. The molecule has 3 aromatic rings. The van der Waals surface area contributed by atoms with E-state index in [4.69, 9.17) is 4.74 Å². The van der Waals surface area contributed by atoms with Gasteiger partial charge < -0.3 is 4.74 Å². The van der Waals surface area contributed by atoms with Crippen LogP contribution in [-0.2, 0) is 11.8 Å². The monoisotopic (exact) mass is 381 g/mol. The number of nitrogens with zero attached hydrogens (tertiary/aromatic N) is 2. The molecule has 2 aromatic carbocycles. The molecule has 0 aliphatic carbocycles. The van der Waals surface area contributed by atoms with Gasteiger partial charge in [-0.1, -0.05) is 56.4 Å². The molecule has 0 saturated carbocycles. The summed E-state index contributed by atoms with van der Waals surface area (Å²) < 4.78 is 5.16. The fraction of sp³-hybridized carbons (Fsp3) is 0.286. The van der Waals surface area contributed by atoms with E-state index in [2.05, 4.69) is 36.3 Å². The smallest absolute Gasteiger partial charge is 0.257 e. The fourth-order valence-electron chi connectivity index (χ4n) is 2.58. The van der Waals surface area contributed by atoms with Crippen molar-refractivity contribution >= 4 is 22.4 Å². The van der Waals surface area contributed by atoms with Crippen molar-refractivity contribution in [2.45, 2.75) is 32.6 Å². The Labute approximate surface area is 163 Å². The minimum absolute atomic E-state index is 0.0601. The van der Waals surface area contributed by atoms with Gasteiger partial charge in [0.2, 0.25) is 5.13 Å². The van der Waals surface area contributed by atoms with Gasteiger partial charge in [-0.05, 0) is 40.8 Å². The Morgan fingerprint density at radius 1 is 1.04 bits per heavy atom. The Kier molecular flexibility index (Phi) is 5.56. The predicted octanol–water partition coefficient (Wildman–Crippen LogP) is 4.69. The Morgan fingerprint density at radius 3 is 2.30 bits per heavy atom. The number of hydrogen-bond acceptors (Lipinski definition) is 5. The maximum absolute atomic E-state index is 12.4. The van der Waals surface area contributed by atoms with E-state index in [9.17, 15) is 4.79 Å². The van der Waals surface area contributed by atoms with Crippen LogP contribution in [0.4, 0.5) is 5.13 Å². The average Bonchev–Trinajstić information content (AvgIpc) is 3.08. The topological polar surface area (TPSA) is 64.1 Å². The van der Waals surface area contributed by atoms with E-state index in [1.54, 1.807) is 7.11 Å². The molecule has 0 spiro atoms. The predicted molar refractivity (Wildman–Crippen MR) is 109 cm³/mol. The normalized spacial score (nSPS) is 11.3. The Morgan fingerprint density at radius 2 is 1.70 bits per heavy atom. The maximum Gasteiger partial charge on any atom is 0.257 e. The molecule has 3 rings (SSSR count). The zero-order chi connectivity index (χ0) is 19.4.